The molecule has 0 spiro atoms. The maximum absolute atomic E-state index is 13.2. The van der Waals surface area contributed by atoms with E-state index in [1.54, 1.807) is 43.3 Å². The van der Waals surface area contributed by atoms with Gasteiger partial charge in [-0.3, -0.25) is 9.59 Å². The number of fused-ring (bicyclic) bond motifs is 2. The molecule has 0 radical (unpaired) electrons. The third-order valence-corrected chi connectivity index (χ3v) is 7.59. The van der Waals surface area contributed by atoms with Crippen molar-refractivity contribution in [2.45, 2.75) is 19.4 Å². The molecule has 5 aromatic rings. The number of methoxy groups -OCH3 is 2. The van der Waals surface area contributed by atoms with E-state index < -0.39 is 17.3 Å². The molecule has 0 unspecified atom stereocenters. The Kier molecular flexibility index (Phi) is 6.61. The first-order valence-corrected chi connectivity index (χ1v) is 13.2. The Bertz CT molecular complexity index is 1990. The van der Waals surface area contributed by atoms with E-state index in [9.17, 15) is 30.0 Å². The maximum Gasteiger partial charge on any atom is 0.197 e. The van der Waals surface area contributed by atoms with Gasteiger partial charge in [-0.15, -0.1) is 0 Å². The van der Waals surface area contributed by atoms with Gasteiger partial charge in [0.25, 0.3) is 0 Å². The molecule has 10 nitrogen and oxygen atoms in total. The largest absolute Gasteiger partial charge is 0.508 e. The van der Waals surface area contributed by atoms with Crippen molar-refractivity contribution in [2.24, 2.45) is 0 Å². The summed E-state index contributed by atoms with van der Waals surface area (Å²) in [7, 11) is 2.89. The first-order valence-electron chi connectivity index (χ1n) is 13.2. The summed E-state index contributed by atoms with van der Waals surface area (Å²) >= 11 is 0. The van der Waals surface area contributed by atoms with Crippen LogP contribution in [0.1, 0.15) is 34.0 Å². The van der Waals surface area contributed by atoms with Crippen LogP contribution in [0.2, 0.25) is 0 Å². The highest BCUT2D eigenvalue weighted by Crippen LogP contribution is 2.48. The van der Waals surface area contributed by atoms with Crippen LogP contribution in [-0.2, 0) is 0 Å². The lowest BCUT2D eigenvalue weighted by atomic mass is 9.91. The molecule has 0 saturated carbocycles. The van der Waals surface area contributed by atoms with Gasteiger partial charge in [0.2, 0.25) is 0 Å². The molecule has 1 atom stereocenters. The number of carbonyl (C=O) groups excluding carboxylic acids is 1. The number of benzene rings is 4. The smallest absolute Gasteiger partial charge is 0.197 e. The first-order chi connectivity index (χ1) is 20.6. The highest BCUT2D eigenvalue weighted by atomic mass is 16.5. The van der Waals surface area contributed by atoms with Gasteiger partial charge >= 0.3 is 0 Å². The monoisotopic (exact) mass is 582 g/mol. The summed E-state index contributed by atoms with van der Waals surface area (Å²) in [6.45, 7) is 1.64. The average Bonchev–Trinajstić information content (AvgIpc) is 2.98. The van der Waals surface area contributed by atoms with E-state index >= 15 is 0 Å². The Morgan fingerprint density at radius 2 is 1.53 bits per heavy atom. The van der Waals surface area contributed by atoms with Crippen molar-refractivity contribution >= 4 is 16.8 Å². The van der Waals surface area contributed by atoms with Crippen LogP contribution in [0.15, 0.2) is 69.9 Å². The highest BCUT2D eigenvalue weighted by Gasteiger charge is 2.33. The number of hydrogen-bond acceptors (Lipinski definition) is 10. The van der Waals surface area contributed by atoms with Crippen molar-refractivity contribution in [2.75, 3.05) is 14.2 Å². The molecule has 1 aliphatic rings. The Morgan fingerprint density at radius 1 is 0.814 bits per heavy atom. The Hall–Kier alpha value is -5.64. The van der Waals surface area contributed by atoms with Crippen molar-refractivity contribution in [3.63, 3.8) is 0 Å². The molecule has 1 aromatic heterocycles. The molecule has 6 rings (SSSR count). The van der Waals surface area contributed by atoms with Gasteiger partial charge in [0.1, 0.15) is 63.1 Å². The zero-order chi connectivity index (χ0) is 30.6. The van der Waals surface area contributed by atoms with E-state index in [1.807, 2.05) is 0 Å². The predicted octanol–water partition coefficient (Wildman–Crippen LogP) is 5.98. The molecule has 0 amide bonds. The van der Waals surface area contributed by atoms with Gasteiger partial charge in [-0.1, -0.05) is 6.07 Å². The Morgan fingerprint density at radius 3 is 2.23 bits per heavy atom. The van der Waals surface area contributed by atoms with Crippen molar-refractivity contribution < 1.29 is 43.8 Å². The Balaban J connectivity index is 1.53. The van der Waals surface area contributed by atoms with Crippen LogP contribution in [0.4, 0.5) is 0 Å². The van der Waals surface area contributed by atoms with Crippen LogP contribution in [-0.4, -0.2) is 40.4 Å². The third-order valence-electron chi connectivity index (χ3n) is 7.59. The van der Waals surface area contributed by atoms with E-state index in [1.165, 1.54) is 32.4 Å². The minimum Gasteiger partial charge on any atom is -0.508 e. The second kappa shape index (κ2) is 10.3. The summed E-state index contributed by atoms with van der Waals surface area (Å²) in [5, 5.41) is 41.9. The lowest BCUT2D eigenvalue weighted by Crippen LogP contribution is -2.21. The zero-order valence-corrected chi connectivity index (χ0v) is 23.3. The summed E-state index contributed by atoms with van der Waals surface area (Å²) in [6.07, 6.45) is -0.859. The minimum atomic E-state index is -0.776. The van der Waals surface area contributed by atoms with E-state index in [0.717, 1.165) is 6.07 Å². The number of hydrogen-bond donors (Lipinski definition) is 4. The molecule has 0 saturated heterocycles. The van der Waals surface area contributed by atoms with Crippen molar-refractivity contribution in [3.05, 3.63) is 87.6 Å². The molecule has 1 aliphatic heterocycles. The molecule has 0 aliphatic carbocycles. The molecule has 4 N–H and O–H groups in total. The molecule has 43 heavy (non-hydrogen) atoms. The number of phenols is 4. The van der Waals surface area contributed by atoms with Crippen LogP contribution < -0.4 is 19.6 Å². The third kappa shape index (κ3) is 4.53. The van der Waals surface area contributed by atoms with Crippen molar-refractivity contribution in [3.8, 4) is 62.7 Å². The number of rotatable bonds is 5. The Labute approximate surface area is 244 Å². The molecule has 0 bridgehead atoms. The lowest BCUT2D eigenvalue weighted by Gasteiger charge is -2.28. The fourth-order valence-corrected chi connectivity index (χ4v) is 5.40. The number of ketones is 1. The average molecular weight is 583 g/mol. The van der Waals surface area contributed by atoms with Gasteiger partial charge < -0.3 is 39.1 Å². The number of carbonyl (C=O) groups is 1. The molecule has 4 aromatic carbocycles. The van der Waals surface area contributed by atoms with Crippen LogP contribution in [0, 0.1) is 6.92 Å². The van der Waals surface area contributed by atoms with Gasteiger partial charge in [-0.05, 0) is 48.9 Å². The van der Waals surface area contributed by atoms with Gasteiger partial charge in [-0.2, -0.15) is 0 Å². The quantitative estimate of drug-likeness (QED) is 0.194. The summed E-state index contributed by atoms with van der Waals surface area (Å²) in [4.78, 5) is 26.4. The topological polar surface area (TPSA) is 156 Å². The van der Waals surface area contributed by atoms with E-state index in [4.69, 9.17) is 18.6 Å². The number of ether oxygens (including phenoxy) is 3. The van der Waals surface area contributed by atoms with Crippen LogP contribution in [0.25, 0.3) is 33.4 Å². The SMILES string of the molecule is COc1ccc([C@H]2CC(=O)c3c(cc(OC)c(C)c3O)O2)cc1-c1c(O)cc(O)c2c(=O)cc(-c3ccc(O)cc3)oc12. The number of Topliss-reactive ketones (excluding diaryl/α,β-unsaturated/α-hetero) is 1. The summed E-state index contributed by atoms with van der Waals surface area (Å²) < 4.78 is 23.2. The molecule has 218 valence electrons. The zero-order valence-electron chi connectivity index (χ0n) is 23.3. The minimum absolute atomic E-state index is 0.0271. The summed E-state index contributed by atoms with van der Waals surface area (Å²) in [6, 6.07) is 14.8. The maximum atomic E-state index is 13.2. The normalized spacial score (nSPS) is 14.3. The van der Waals surface area contributed by atoms with Crippen LogP contribution >= 0.6 is 0 Å². The van der Waals surface area contributed by atoms with Gasteiger partial charge in [-0.25, -0.2) is 0 Å². The molecule has 0 fully saturated rings. The molecular weight excluding hydrogens is 556 g/mol. The standard InChI is InChI=1S/C33H26O10/c1-15-25(41-3)14-28-31(32(15)39)23(38)13-27(42-28)17-6-9-24(40-2)19(10-17)29-20(35)11-21(36)30-22(37)12-26(43-33(29)30)16-4-7-18(34)8-5-16/h4-12,14,27,34-36,39H,13H2,1-3H3/t27-/m1/s1. The van der Waals surface area contributed by atoms with E-state index in [2.05, 4.69) is 0 Å². The van der Waals surface area contributed by atoms with E-state index in [0.29, 0.717) is 33.8 Å². The van der Waals surface area contributed by atoms with Crippen LogP contribution in [0.5, 0.6) is 40.2 Å². The summed E-state index contributed by atoms with van der Waals surface area (Å²) in [5.41, 5.74) is 1.24. The van der Waals surface area contributed by atoms with E-state index in [-0.39, 0.29) is 63.1 Å². The second-order valence-corrected chi connectivity index (χ2v) is 10.1. The number of aromatic hydroxyl groups is 4. The van der Waals surface area contributed by atoms with Gasteiger partial charge in [0.15, 0.2) is 16.8 Å². The highest BCUT2D eigenvalue weighted by molar-refractivity contribution is 6.04. The summed E-state index contributed by atoms with van der Waals surface area (Å²) in [5.74, 6) is -0.383. The fourth-order valence-electron chi connectivity index (χ4n) is 5.40. The van der Waals surface area contributed by atoms with Gasteiger partial charge in [0.05, 0.1) is 26.2 Å². The number of phenolic OH excluding ortho intramolecular Hbond substituents is 4. The second-order valence-electron chi connectivity index (χ2n) is 10.1. The first kappa shape index (κ1) is 27.5. The molecular formula is C33H26O10. The lowest BCUT2D eigenvalue weighted by molar-refractivity contribution is 0.0844. The fraction of sp³-hybridized carbons (Fsp3) is 0.152. The van der Waals surface area contributed by atoms with Gasteiger partial charge in [0, 0.05) is 34.9 Å². The predicted molar refractivity (Wildman–Crippen MR) is 157 cm³/mol. The molecule has 10 heteroatoms. The van der Waals surface area contributed by atoms with Crippen molar-refractivity contribution in [1.29, 1.82) is 0 Å². The van der Waals surface area contributed by atoms with Crippen molar-refractivity contribution in [1.82, 2.24) is 0 Å². The van der Waals surface area contributed by atoms with Crippen LogP contribution in [0.3, 0.4) is 0 Å². The molecule has 2 heterocycles.